The average molecular weight is 402 g/mol. The van der Waals surface area contributed by atoms with Crippen LogP contribution in [-0.4, -0.2) is 33.8 Å². The van der Waals surface area contributed by atoms with E-state index < -0.39 is 15.3 Å². The molecule has 1 amide bonds. The van der Waals surface area contributed by atoms with Crippen molar-refractivity contribution in [2.45, 2.75) is 42.5 Å². The van der Waals surface area contributed by atoms with Gasteiger partial charge in [0.2, 0.25) is 5.91 Å². The van der Waals surface area contributed by atoms with Crippen LogP contribution >= 0.6 is 0 Å². The van der Waals surface area contributed by atoms with Gasteiger partial charge in [0, 0.05) is 19.5 Å². The Hall–Kier alpha value is -2.18. The zero-order valence-electron chi connectivity index (χ0n) is 16.4. The van der Waals surface area contributed by atoms with Gasteiger partial charge in [-0.25, -0.2) is 8.42 Å². The maximum absolute atomic E-state index is 13.4. The number of carbonyl (C=O) groups excluding carboxylic acids is 1. The number of nitrogens with one attached hydrogen (secondary N) is 1. The lowest BCUT2D eigenvalue weighted by atomic mass is 9.73. The lowest BCUT2D eigenvalue weighted by molar-refractivity contribution is -0.131. The second-order valence-electron chi connectivity index (χ2n) is 7.34. The summed E-state index contributed by atoms with van der Waals surface area (Å²) in [5, 5.41) is 3.21. The summed E-state index contributed by atoms with van der Waals surface area (Å²) in [6, 6.07) is 16.5. The van der Waals surface area contributed by atoms with Crippen molar-refractivity contribution in [3.63, 3.8) is 0 Å². The van der Waals surface area contributed by atoms with Gasteiger partial charge >= 0.3 is 0 Å². The standard InChI is InChI=1S/C22H27NO4S/c1-3-20(17-9-11-19(12-10-17)28(2,25)26)23-21(24)22(13-15-27-16-14-22)18-7-5-4-6-8-18/h4-12,20H,3,13-16H2,1-2H3,(H,23,24)/t20-/m0/s1. The van der Waals surface area contributed by atoms with Gasteiger partial charge in [-0.2, -0.15) is 0 Å². The zero-order chi connectivity index (χ0) is 20.2. The minimum Gasteiger partial charge on any atom is -0.381 e. The van der Waals surface area contributed by atoms with E-state index >= 15 is 0 Å². The molecule has 0 saturated carbocycles. The van der Waals surface area contributed by atoms with Crippen molar-refractivity contribution >= 4 is 15.7 Å². The number of amides is 1. The van der Waals surface area contributed by atoms with Crippen LogP contribution < -0.4 is 5.32 Å². The molecule has 150 valence electrons. The first-order valence-corrected chi connectivity index (χ1v) is 11.5. The third-order valence-corrected chi connectivity index (χ3v) is 6.66. The van der Waals surface area contributed by atoms with Crippen LogP contribution in [0.1, 0.15) is 43.4 Å². The fourth-order valence-corrected chi connectivity index (χ4v) is 4.42. The molecular formula is C22H27NO4S. The van der Waals surface area contributed by atoms with E-state index in [1.807, 2.05) is 37.3 Å². The van der Waals surface area contributed by atoms with Gasteiger partial charge in [0.15, 0.2) is 9.84 Å². The molecular weight excluding hydrogens is 374 g/mol. The van der Waals surface area contributed by atoms with Gasteiger partial charge in [0.25, 0.3) is 0 Å². The first kappa shape index (κ1) is 20.6. The summed E-state index contributed by atoms with van der Waals surface area (Å²) in [6.07, 6.45) is 3.19. The Kier molecular flexibility index (Phi) is 6.20. The number of benzene rings is 2. The highest BCUT2D eigenvalue weighted by atomic mass is 32.2. The number of hydrogen-bond acceptors (Lipinski definition) is 4. The molecule has 0 radical (unpaired) electrons. The number of rotatable bonds is 6. The van der Waals surface area contributed by atoms with Crippen molar-refractivity contribution in [3.8, 4) is 0 Å². The van der Waals surface area contributed by atoms with Crippen LogP contribution in [-0.2, 0) is 24.8 Å². The predicted octanol–water partition coefficient (Wildman–Crippen LogP) is 3.41. The Morgan fingerprint density at radius 3 is 2.21 bits per heavy atom. The van der Waals surface area contributed by atoms with Crippen molar-refractivity contribution in [2.75, 3.05) is 19.5 Å². The second kappa shape index (κ2) is 8.45. The van der Waals surface area contributed by atoms with E-state index in [-0.39, 0.29) is 16.8 Å². The second-order valence-corrected chi connectivity index (χ2v) is 9.35. The molecule has 0 bridgehead atoms. The molecule has 1 heterocycles. The summed E-state index contributed by atoms with van der Waals surface area (Å²) in [5.41, 5.74) is 1.32. The first-order chi connectivity index (χ1) is 13.4. The van der Waals surface area contributed by atoms with Crippen LogP contribution in [0.4, 0.5) is 0 Å². The van der Waals surface area contributed by atoms with Crippen LogP contribution in [0.3, 0.4) is 0 Å². The van der Waals surface area contributed by atoms with Gasteiger partial charge in [-0.15, -0.1) is 0 Å². The zero-order valence-corrected chi connectivity index (χ0v) is 17.2. The maximum Gasteiger partial charge on any atom is 0.231 e. The normalized spacial score (nSPS) is 17.6. The van der Waals surface area contributed by atoms with Gasteiger partial charge < -0.3 is 10.1 Å². The molecule has 6 heteroatoms. The van der Waals surface area contributed by atoms with Crippen molar-refractivity contribution in [3.05, 3.63) is 65.7 Å². The highest BCUT2D eigenvalue weighted by Gasteiger charge is 2.42. The van der Waals surface area contributed by atoms with Crippen LogP contribution in [0.25, 0.3) is 0 Å². The van der Waals surface area contributed by atoms with Gasteiger partial charge in [0.05, 0.1) is 16.4 Å². The molecule has 0 aliphatic carbocycles. The van der Waals surface area contributed by atoms with Crippen LogP contribution in [0.2, 0.25) is 0 Å². The van der Waals surface area contributed by atoms with Crippen LogP contribution in [0.5, 0.6) is 0 Å². The quantitative estimate of drug-likeness (QED) is 0.805. The fraction of sp³-hybridized carbons (Fsp3) is 0.409. The molecule has 2 aromatic rings. The number of carbonyl (C=O) groups is 1. The molecule has 0 spiro atoms. The number of ether oxygens (including phenoxy) is 1. The summed E-state index contributed by atoms with van der Waals surface area (Å²) in [6.45, 7) is 3.12. The van der Waals surface area contributed by atoms with Gasteiger partial charge in [-0.05, 0) is 42.5 Å². The molecule has 1 saturated heterocycles. The smallest absolute Gasteiger partial charge is 0.231 e. The fourth-order valence-electron chi connectivity index (χ4n) is 3.79. The Morgan fingerprint density at radius 2 is 1.68 bits per heavy atom. The van der Waals surface area contributed by atoms with E-state index in [9.17, 15) is 13.2 Å². The van der Waals surface area contributed by atoms with E-state index in [2.05, 4.69) is 5.32 Å². The molecule has 28 heavy (non-hydrogen) atoms. The molecule has 3 rings (SSSR count). The molecule has 1 fully saturated rings. The maximum atomic E-state index is 13.4. The van der Waals surface area contributed by atoms with Crippen LogP contribution in [0.15, 0.2) is 59.5 Å². The highest BCUT2D eigenvalue weighted by Crippen LogP contribution is 2.36. The molecule has 2 aromatic carbocycles. The average Bonchev–Trinajstić information content (AvgIpc) is 2.72. The number of hydrogen-bond donors (Lipinski definition) is 1. The van der Waals surface area contributed by atoms with Gasteiger partial charge in [-0.1, -0.05) is 49.4 Å². The highest BCUT2D eigenvalue weighted by molar-refractivity contribution is 7.90. The van der Waals surface area contributed by atoms with Crippen molar-refractivity contribution in [2.24, 2.45) is 0 Å². The molecule has 1 N–H and O–H groups in total. The third-order valence-electron chi connectivity index (χ3n) is 5.53. The molecule has 0 aromatic heterocycles. The van der Waals surface area contributed by atoms with E-state index in [0.29, 0.717) is 32.5 Å². The minimum absolute atomic E-state index is 0.000963. The monoisotopic (exact) mass is 401 g/mol. The van der Waals surface area contributed by atoms with Gasteiger partial charge in [0.1, 0.15) is 0 Å². The predicted molar refractivity (Wildman–Crippen MR) is 109 cm³/mol. The molecule has 1 aliphatic heterocycles. The lowest BCUT2D eigenvalue weighted by Gasteiger charge is -2.37. The summed E-state index contributed by atoms with van der Waals surface area (Å²) < 4.78 is 28.9. The minimum atomic E-state index is -3.24. The van der Waals surface area contributed by atoms with Crippen molar-refractivity contribution in [1.82, 2.24) is 5.32 Å². The molecule has 5 nitrogen and oxygen atoms in total. The Bertz CT molecular complexity index is 901. The molecule has 1 aliphatic rings. The molecule has 0 unspecified atom stereocenters. The van der Waals surface area contributed by atoms with E-state index in [1.165, 1.54) is 6.26 Å². The van der Waals surface area contributed by atoms with Crippen molar-refractivity contribution < 1.29 is 17.9 Å². The SMILES string of the molecule is CC[C@H](NC(=O)C1(c2ccccc2)CCOCC1)c1ccc(S(C)(=O)=O)cc1. The summed E-state index contributed by atoms with van der Waals surface area (Å²) in [7, 11) is -3.24. The third kappa shape index (κ3) is 4.28. The summed E-state index contributed by atoms with van der Waals surface area (Å²) >= 11 is 0. The van der Waals surface area contributed by atoms with Crippen molar-refractivity contribution in [1.29, 1.82) is 0 Å². The Morgan fingerprint density at radius 1 is 1.07 bits per heavy atom. The number of sulfone groups is 1. The van der Waals surface area contributed by atoms with E-state index in [4.69, 9.17) is 4.74 Å². The first-order valence-electron chi connectivity index (χ1n) is 9.61. The Balaban J connectivity index is 1.85. The molecule has 1 atom stereocenters. The van der Waals surface area contributed by atoms with Gasteiger partial charge in [-0.3, -0.25) is 4.79 Å². The lowest BCUT2D eigenvalue weighted by Crippen LogP contribution is -2.48. The van der Waals surface area contributed by atoms with Crippen LogP contribution in [0, 0.1) is 0 Å². The topological polar surface area (TPSA) is 72.5 Å². The largest absolute Gasteiger partial charge is 0.381 e. The summed E-state index contributed by atoms with van der Waals surface area (Å²) in [4.78, 5) is 13.7. The van der Waals surface area contributed by atoms with E-state index in [1.54, 1.807) is 24.3 Å². The van der Waals surface area contributed by atoms with E-state index in [0.717, 1.165) is 11.1 Å². The summed E-state index contributed by atoms with van der Waals surface area (Å²) in [5.74, 6) is 0.000963. The Labute approximate surface area is 167 Å².